The van der Waals surface area contributed by atoms with Crippen LogP contribution in [0, 0.1) is 6.92 Å². The first kappa shape index (κ1) is 7.46. The molecule has 0 aliphatic rings. The zero-order chi connectivity index (χ0) is 7.78. The van der Waals surface area contributed by atoms with Gasteiger partial charge in [0.15, 0.2) is 8.24 Å². The number of hydrogen-bond donors (Lipinski definition) is 0. The van der Waals surface area contributed by atoms with Crippen molar-refractivity contribution < 1.29 is 0 Å². The fourth-order valence-electron chi connectivity index (χ4n) is 0.669. The number of rotatable bonds is 1. The largest absolute Gasteiger partial charge is 0.284 e. The zero-order valence-electron chi connectivity index (χ0n) is 6.92. The van der Waals surface area contributed by atoms with Crippen LogP contribution in [0.1, 0.15) is 5.82 Å². The lowest BCUT2D eigenvalue weighted by Gasteiger charge is -2.14. The summed E-state index contributed by atoms with van der Waals surface area (Å²) in [6.07, 6.45) is 1.82. The van der Waals surface area contributed by atoms with Gasteiger partial charge in [0.2, 0.25) is 0 Å². The summed E-state index contributed by atoms with van der Waals surface area (Å²) in [6.45, 7) is 8.62. The molecule has 56 valence electrons. The van der Waals surface area contributed by atoms with E-state index in [9.17, 15) is 0 Å². The minimum absolute atomic E-state index is 0.863. The molecule has 0 spiro atoms. The lowest BCUT2D eigenvalue weighted by molar-refractivity contribution is 0.911. The van der Waals surface area contributed by atoms with Crippen LogP contribution >= 0.6 is 0 Å². The molecule has 1 rings (SSSR count). The molecule has 0 radical (unpaired) electrons. The fraction of sp³-hybridized carbons (Fsp3) is 0.667. The third-order valence-electron chi connectivity index (χ3n) is 1.29. The molecule has 1 heterocycles. The van der Waals surface area contributed by atoms with Crippen molar-refractivity contribution in [1.82, 2.24) is 14.4 Å². The van der Waals surface area contributed by atoms with Crippen LogP contribution in [0.2, 0.25) is 19.6 Å². The van der Waals surface area contributed by atoms with E-state index in [1.54, 1.807) is 0 Å². The number of hydrogen-bond acceptors (Lipinski definition) is 2. The first-order valence-electron chi connectivity index (χ1n) is 3.39. The van der Waals surface area contributed by atoms with Crippen molar-refractivity contribution in [1.29, 1.82) is 0 Å². The third kappa shape index (κ3) is 1.44. The molecule has 0 aliphatic carbocycles. The lowest BCUT2D eigenvalue weighted by Crippen LogP contribution is -2.32. The molecule has 0 fully saturated rings. The first-order chi connectivity index (χ1) is 4.50. The first-order valence-corrected chi connectivity index (χ1v) is 6.83. The second-order valence-corrected chi connectivity index (χ2v) is 8.21. The minimum atomic E-state index is -1.27. The highest BCUT2D eigenvalue weighted by molar-refractivity contribution is 6.74. The number of aryl methyl sites for hydroxylation is 1. The third-order valence-corrected chi connectivity index (χ3v) is 2.88. The zero-order valence-corrected chi connectivity index (χ0v) is 7.92. The fourth-order valence-corrected chi connectivity index (χ4v) is 1.52. The van der Waals surface area contributed by atoms with E-state index in [1.807, 2.05) is 17.6 Å². The molecular weight excluding hydrogens is 142 g/mol. The van der Waals surface area contributed by atoms with Crippen LogP contribution in [-0.4, -0.2) is 22.7 Å². The molecule has 0 unspecified atom stereocenters. The predicted octanol–water partition coefficient (Wildman–Crippen LogP) is 1.27. The Bertz CT molecular complexity index is 223. The van der Waals surface area contributed by atoms with Crippen molar-refractivity contribution in [3.05, 3.63) is 12.2 Å². The Morgan fingerprint density at radius 1 is 1.40 bits per heavy atom. The molecule has 3 nitrogen and oxygen atoms in total. The van der Waals surface area contributed by atoms with Gasteiger partial charge in [-0.05, 0) is 26.6 Å². The van der Waals surface area contributed by atoms with Crippen molar-refractivity contribution >= 4 is 8.24 Å². The van der Waals surface area contributed by atoms with Gasteiger partial charge in [-0.25, -0.2) is 4.98 Å². The van der Waals surface area contributed by atoms with Gasteiger partial charge in [0.25, 0.3) is 0 Å². The molecule has 0 saturated heterocycles. The Morgan fingerprint density at radius 2 is 2.00 bits per heavy atom. The van der Waals surface area contributed by atoms with E-state index >= 15 is 0 Å². The standard InChI is InChI=1S/C6H13N3Si/c1-6-7-5-9(8-6)10(2,3)4/h5H,1-4H3. The summed E-state index contributed by atoms with van der Waals surface area (Å²) in [6, 6.07) is 0. The Labute approximate surface area is 62.2 Å². The summed E-state index contributed by atoms with van der Waals surface area (Å²) in [4.78, 5) is 4.07. The van der Waals surface area contributed by atoms with Gasteiger partial charge in [-0.1, -0.05) is 0 Å². The van der Waals surface area contributed by atoms with E-state index in [0.717, 1.165) is 5.82 Å². The number of nitrogens with zero attached hydrogens (tertiary/aromatic N) is 3. The van der Waals surface area contributed by atoms with Gasteiger partial charge >= 0.3 is 0 Å². The molecule has 0 aliphatic heterocycles. The summed E-state index contributed by atoms with van der Waals surface area (Å²) in [5.74, 6) is 0.863. The minimum Gasteiger partial charge on any atom is -0.284 e. The molecule has 0 aromatic carbocycles. The Balaban J connectivity index is 2.96. The van der Waals surface area contributed by atoms with Gasteiger partial charge in [-0.3, -0.25) is 4.35 Å². The van der Waals surface area contributed by atoms with Crippen LogP contribution in [-0.2, 0) is 0 Å². The van der Waals surface area contributed by atoms with E-state index in [4.69, 9.17) is 0 Å². The lowest BCUT2D eigenvalue weighted by atomic mass is 10.8. The van der Waals surface area contributed by atoms with E-state index in [0.29, 0.717) is 0 Å². The maximum absolute atomic E-state index is 4.25. The SMILES string of the molecule is Cc1ncn([Si](C)(C)C)n1. The molecule has 1 aromatic heterocycles. The molecular formula is C6H13N3Si. The molecule has 4 heteroatoms. The van der Waals surface area contributed by atoms with Crippen molar-refractivity contribution in [2.75, 3.05) is 0 Å². The molecule has 1 aromatic rings. The second-order valence-electron chi connectivity index (χ2n) is 3.41. The summed E-state index contributed by atoms with van der Waals surface area (Å²) in [5.41, 5.74) is 0. The highest BCUT2D eigenvalue weighted by Gasteiger charge is 2.16. The smallest absolute Gasteiger partial charge is 0.178 e. The topological polar surface area (TPSA) is 30.7 Å². The maximum Gasteiger partial charge on any atom is 0.178 e. The Morgan fingerprint density at radius 3 is 2.20 bits per heavy atom. The van der Waals surface area contributed by atoms with Gasteiger partial charge in [-0.15, -0.1) is 0 Å². The normalized spacial score (nSPS) is 12.0. The van der Waals surface area contributed by atoms with Gasteiger partial charge < -0.3 is 0 Å². The van der Waals surface area contributed by atoms with Crippen molar-refractivity contribution in [2.24, 2.45) is 0 Å². The molecule has 0 N–H and O–H groups in total. The van der Waals surface area contributed by atoms with Crippen LogP contribution in [0.3, 0.4) is 0 Å². The molecule has 10 heavy (non-hydrogen) atoms. The van der Waals surface area contributed by atoms with Crippen LogP contribution in [0.15, 0.2) is 6.33 Å². The quantitative estimate of drug-likeness (QED) is 0.572. The van der Waals surface area contributed by atoms with Crippen LogP contribution in [0.5, 0.6) is 0 Å². The second kappa shape index (κ2) is 2.19. The molecule has 0 atom stereocenters. The summed E-state index contributed by atoms with van der Waals surface area (Å²) >= 11 is 0. The number of aromatic nitrogens is 3. The highest BCUT2D eigenvalue weighted by Crippen LogP contribution is 2.02. The van der Waals surface area contributed by atoms with E-state index in [2.05, 4.69) is 29.7 Å². The molecule has 0 amide bonds. The monoisotopic (exact) mass is 155 g/mol. The molecule has 0 bridgehead atoms. The van der Waals surface area contributed by atoms with Crippen molar-refractivity contribution in [2.45, 2.75) is 26.6 Å². The van der Waals surface area contributed by atoms with Gasteiger partial charge in [-0.2, -0.15) is 5.10 Å². The summed E-state index contributed by atoms with van der Waals surface area (Å²) in [5, 5.41) is 4.25. The van der Waals surface area contributed by atoms with Crippen LogP contribution in [0.4, 0.5) is 0 Å². The molecule has 0 saturated carbocycles. The Hall–Kier alpha value is -0.643. The van der Waals surface area contributed by atoms with Crippen molar-refractivity contribution in [3.8, 4) is 0 Å². The van der Waals surface area contributed by atoms with Crippen LogP contribution < -0.4 is 0 Å². The summed E-state index contributed by atoms with van der Waals surface area (Å²) < 4.78 is 2.00. The van der Waals surface area contributed by atoms with Gasteiger partial charge in [0, 0.05) is 0 Å². The van der Waals surface area contributed by atoms with E-state index < -0.39 is 8.24 Å². The summed E-state index contributed by atoms with van der Waals surface area (Å²) in [7, 11) is -1.27. The van der Waals surface area contributed by atoms with E-state index in [-0.39, 0.29) is 0 Å². The average molecular weight is 155 g/mol. The van der Waals surface area contributed by atoms with E-state index in [1.165, 1.54) is 0 Å². The van der Waals surface area contributed by atoms with Gasteiger partial charge in [0.1, 0.15) is 12.2 Å². The van der Waals surface area contributed by atoms with Crippen LogP contribution in [0.25, 0.3) is 0 Å². The van der Waals surface area contributed by atoms with Gasteiger partial charge in [0.05, 0.1) is 0 Å². The average Bonchev–Trinajstić information content (AvgIpc) is 2.11. The highest BCUT2D eigenvalue weighted by atomic mass is 28.3. The Kier molecular flexibility index (Phi) is 1.64. The maximum atomic E-state index is 4.25. The van der Waals surface area contributed by atoms with Crippen molar-refractivity contribution in [3.63, 3.8) is 0 Å². The predicted molar refractivity (Wildman–Crippen MR) is 43.5 cm³/mol.